The standard InChI is InChI=1S/C32H29N3O7/c1-34-11-13-35(14-12-34)25(37)16-20(21-15-19-9-5-6-10-22(19)33-32(21)41)26-28(38)30(40)29(39)27-23(36)17-24(42-31(26)27)18-7-3-2-4-8-18/h2-10,15,17,20,38-40H,11-14,16H2,1H3,(H,33,41). The lowest BCUT2D eigenvalue weighted by Gasteiger charge is -2.33. The summed E-state index contributed by atoms with van der Waals surface area (Å²) in [6, 6.07) is 18.7. The molecular formula is C32H29N3O7. The van der Waals surface area contributed by atoms with Gasteiger partial charge in [-0.1, -0.05) is 48.5 Å². The average molecular weight is 568 g/mol. The van der Waals surface area contributed by atoms with Crippen molar-refractivity contribution in [3.8, 4) is 28.6 Å². The molecule has 3 aromatic carbocycles. The molecular weight excluding hydrogens is 538 g/mol. The number of hydrogen-bond donors (Lipinski definition) is 4. The van der Waals surface area contributed by atoms with E-state index in [9.17, 15) is 29.7 Å². The molecule has 0 saturated carbocycles. The molecule has 1 fully saturated rings. The number of aromatic hydroxyl groups is 3. The minimum absolute atomic E-state index is 0.130. The van der Waals surface area contributed by atoms with Gasteiger partial charge in [0.15, 0.2) is 16.9 Å². The lowest BCUT2D eigenvalue weighted by atomic mass is 9.85. The number of H-pyrrole nitrogens is 1. The Morgan fingerprint density at radius 2 is 1.60 bits per heavy atom. The predicted octanol–water partition coefficient (Wildman–Crippen LogP) is 3.71. The van der Waals surface area contributed by atoms with Crippen LogP contribution in [0.1, 0.15) is 23.5 Å². The van der Waals surface area contributed by atoms with Gasteiger partial charge in [-0.2, -0.15) is 0 Å². The van der Waals surface area contributed by atoms with Crippen LogP contribution in [0.3, 0.4) is 0 Å². The number of carbonyl (C=O) groups is 1. The van der Waals surface area contributed by atoms with Gasteiger partial charge in [-0.15, -0.1) is 0 Å². The normalized spacial score (nSPS) is 14.8. The Morgan fingerprint density at radius 3 is 2.33 bits per heavy atom. The average Bonchev–Trinajstić information content (AvgIpc) is 2.99. The molecule has 5 aromatic rings. The number of aromatic nitrogens is 1. The van der Waals surface area contributed by atoms with E-state index in [4.69, 9.17) is 4.42 Å². The molecule has 1 unspecified atom stereocenters. The second kappa shape index (κ2) is 10.7. The zero-order valence-electron chi connectivity index (χ0n) is 22.8. The number of pyridine rings is 1. The van der Waals surface area contributed by atoms with Crippen LogP contribution in [0.2, 0.25) is 0 Å². The number of aromatic amines is 1. The summed E-state index contributed by atoms with van der Waals surface area (Å²) in [5.41, 5.74) is -0.270. The predicted molar refractivity (Wildman–Crippen MR) is 158 cm³/mol. The van der Waals surface area contributed by atoms with E-state index in [1.54, 1.807) is 65.6 Å². The van der Waals surface area contributed by atoms with Crippen molar-refractivity contribution in [3.05, 3.63) is 98.4 Å². The van der Waals surface area contributed by atoms with Crippen LogP contribution in [0.15, 0.2) is 80.7 Å². The largest absolute Gasteiger partial charge is 0.504 e. The van der Waals surface area contributed by atoms with Gasteiger partial charge in [0.25, 0.3) is 5.56 Å². The van der Waals surface area contributed by atoms with Gasteiger partial charge in [0.05, 0.1) is 0 Å². The van der Waals surface area contributed by atoms with Crippen molar-refractivity contribution >= 4 is 27.8 Å². The fourth-order valence-electron chi connectivity index (χ4n) is 5.59. The second-order valence-corrected chi connectivity index (χ2v) is 10.6. The van der Waals surface area contributed by atoms with Crippen molar-refractivity contribution in [1.82, 2.24) is 14.8 Å². The first-order valence-electron chi connectivity index (χ1n) is 13.6. The third-order valence-electron chi connectivity index (χ3n) is 7.93. The van der Waals surface area contributed by atoms with Gasteiger partial charge in [0.2, 0.25) is 11.7 Å². The zero-order chi connectivity index (χ0) is 29.5. The van der Waals surface area contributed by atoms with E-state index in [1.807, 2.05) is 7.05 Å². The molecule has 2 aromatic heterocycles. The Hall–Kier alpha value is -5.09. The van der Waals surface area contributed by atoms with Crippen LogP contribution in [0, 0.1) is 0 Å². The highest BCUT2D eigenvalue weighted by molar-refractivity contribution is 5.94. The van der Waals surface area contributed by atoms with Gasteiger partial charge in [-0.3, -0.25) is 14.4 Å². The summed E-state index contributed by atoms with van der Waals surface area (Å²) in [5, 5.41) is 33.1. The van der Waals surface area contributed by atoms with Crippen molar-refractivity contribution in [1.29, 1.82) is 0 Å². The van der Waals surface area contributed by atoms with Gasteiger partial charge in [-0.05, 0) is 24.6 Å². The molecule has 1 aliphatic rings. The van der Waals surface area contributed by atoms with Crippen LogP contribution < -0.4 is 11.0 Å². The zero-order valence-corrected chi connectivity index (χ0v) is 22.8. The molecule has 6 rings (SSSR count). The summed E-state index contributed by atoms with van der Waals surface area (Å²) in [7, 11) is 1.97. The molecule has 1 saturated heterocycles. The van der Waals surface area contributed by atoms with E-state index in [-0.39, 0.29) is 40.2 Å². The van der Waals surface area contributed by atoms with Crippen LogP contribution in [0.5, 0.6) is 17.2 Å². The number of likely N-dealkylation sites (N-methyl/N-ethyl adjacent to an activating group) is 1. The van der Waals surface area contributed by atoms with E-state index in [1.165, 1.54) is 6.07 Å². The molecule has 0 radical (unpaired) electrons. The Bertz CT molecular complexity index is 1940. The summed E-state index contributed by atoms with van der Waals surface area (Å²) < 4.78 is 6.17. The molecule has 1 aliphatic heterocycles. The number of nitrogens with one attached hydrogen (secondary N) is 1. The Labute approximate surface area is 239 Å². The number of fused-ring (bicyclic) bond motifs is 2. The molecule has 1 amide bonds. The number of rotatable bonds is 5. The molecule has 0 spiro atoms. The number of phenolic OH excluding ortho intramolecular Hbond substituents is 3. The van der Waals surface area contributed by atoms with E-state index >= 15 is 0 Å². The van der Waals surface area contributed by atoms with Gasteiger partial charge < -0.3 is 34.5 Å². The Kier molecular flexibility index (Phi) is 6.91. The van der Waals surface area contributed by atoms with Gasteiger partial charge in [0.1, 0.15) is 16.7 Å². The molecule has 1 atom stereocenters. The molecule has 0 bridgehead atoms. The quantitative estimate of drug-likeness (QED) is 0.235. The number of benzene rings is 3. The topological polar surface area (TPSA) is 147 Å². The van der Waals surface area contributed by atoms with Crippen molar-refractivity contribution in [2.24, 2.45) is 0 Å². The smallest absolute Gasteiger partial charge is 0.252 e. The molecule has 42 heavy (non-hydrogen) atoms. The van der Waals surface area contributed by atoms with E-state index in [0.29, 0.717) is 42.6 Å². The van der Waals surface area contributed by atoms with Crippen molar-refractivity contribution in [2.45, 2.75) is 12.3 Å². The highest BCUT2D eigenvalue weighted by Crippen LogP contribution is 2.49. The Balaban J connectivity index is 1.62. The monoisotopic (exact) mass is 567 g/mol. The summed E-state index contributed by atoms with van der Waals surface area (Å²) in [6.45, 7) is 2.32. The second-order valence-electron chi connectivity index (χ2n) is 10.6. The van der Waals surface area contributed by atoms with Crippen LogP contribution in [-0.4, -0.2) is 69.2 Å². The summed E-state index contributed by atoms with van der Waals surface area (Å²) in [4.78, 5) is 47.2. The minimum Gasteiger partial charge on any atom is -0.504 e. The lowest BCUT2D eigenvalue weighted by Crippen LogP contribution is -2.47. The first-order chi connectivity index (χ1) is 20.2. The van der Waals surface area contributed by atoms with Crippen molar-refractivity contribution in [2.75, 3.05) is 33.2 Å². The maximum Gasteiger partial charge on any atom is 0.252 e. The fraction of sp³-hybridized carbons (Fsp3) is 0.219. The van der Waals surface area contributed by atoms with Crippen LogP contribution in [-0.2, 0) is 4.79 Å². The number of hydrogen-bond acceptors (Lipinski definition) is 8. The van der Waals surface area contributed by atoms with Gasteiger partial charge in [-0.25, -0.2) is 0 Å². The number of amides is 1. The Morgan fingerprint density at radius 1 is 0.905 bits per heavy atom. The van der Waals surface area contributed by atoms with Crippen LogP contribution in [0.4, 0.5) is 0 Å². The number of phenols is 3. The first kappa shape index (κ1) is 27.1. The van der Waals surface area contributed by atoms with E-state index < -0.39 is 34.2 Å². The highest BCUT2D eigenvalue weighted by Gasteiger charge is 2.34. The van der Waals surface area contributed by atoms with E-state index in [0.717, 1.165) is 0 Å². The number of nitrogens with zero attached hydrogens (tertiary/aromatic N) is 2. The van der Waals surface area contributed by atoms with Crippen LogP contribution >= 0.6 is 0 Å². The molecule has 0 aliphatic carbocycles. The number of para-hydroxylation sites is 1. The molecule has 10 nitrogen and oxygen atoms in total. The molecule has 3 heterocycles. The number of piperazine rings is 1. The molecule has 10 heteroatoms. The van der Waals surface area contributed by atoms with Crippen molar-refractivity contribution in [3.63, 3.8) is 0 Å². The third-order valence-corrected chi connectivity index (χ3v) is 7.93. The number of carbonyl (C=O) groups excluding carboxylic acids is 1. The molecule has 214 valence electrons. The summed E-state index contributed by atoms with van der Waals surface area (Å²) in [5.74, 6) is -3.84. The lowest BCUT2D eigenvalue weighted by molar-refractivity contribution is -0.133. The van der Waals surface area contributed by atoms with Gasteiger partial charge in [0, 0.05) is 66.8 Å². The fourth-order valence-corrected chi connectivity index (χ4v) is 5.59. The van der Waals surface area contributed by atoms with Crippen LogP contribution in [0.25, 0.3) is 33.2 Å². The van der Waals surface area contributed by atoms with Gasteiger partial charge >= 0.3 is 0 Å². The van der Waals surface area contributed by atoms with E-state index in [2.05, 4.69) is 9.88 Å². The summed E-state index contributed by atoms with van der Waals surface area (Å²) >= 11 is 0. The summed E-state index contributed by atoms with van der Waals surface area (Å²) in [6.07, 6.45) is -0.267. The first-order valence-corrected chi connectivity index (χ1v) is 13.6. The minimum atomic E-state index is -1.14. The van der Waals surface area contributed by atoms with Crippen molar-refractivity contribution < 1.29 is 24.5 Å². The molecule has 4 N–H and O–H groups in total. The maximum absolute atomic E-state index is 13.7. The highest BCUT2D eigenvalue weighted by atomic mass is 16.3. The SMILES string of the molecule is CN1CCN(C(=O)CC(c2cc3ccccc3[nH]c2=O)c2c(O)c(O)c(O)c3c(=O)cc(-c4ccccc4)oc23)CC1. The maximum atomic E-state index is 13.7. The third kappa shape index (κ3) is 4.75.